The van der Waals surface area contributed by atoms with Gasteiger partial charge < -0.3 is 10.2 Å². The van der Waals surface area contributed by atoms with Gasteiger partial charge in [-0.05, 0) is 37.8 Å². The van der Waals surface area contributed by atoms with Crippen LogP contribution in [0, 0.1) is 0 Å². The van der Waals surface area contributed by atoms with Crippen LogP contribution in [0.5, 0.6) is 0 Å². The minimum absolute atomic E-state index is 0.0500. The highest BCUT2D eigenvalue weighted by Crippen LogP contribution is 2.39. The second-order valence-corrected chi connectivity index (χ2v) is 7.33. The minimum Gasteiger partial charge on any atom is -0.478 e. The van der Waals surface area contributed by atoms with Crippen molar-refractivity contribution in [3.63, 3.8) is 0 Å². The van der Waals surface area contributed by atoms with Crippen LogP contribution in [0.1, 0.15) is 36.0 Å². The van der Waals surface area contributed by atoms with E-state index in [1.54, 1.807) is 0 Å². The lowest BCUT2D eigenvalue weighted by molar-refractivity contribution is 0.0694. The van der Waals surface area contributed by atoms with Crippen LogP contribution in [0.15, 0.2) is 23.4 Å². The smallest absolute Gasteiger partial charge is 0.337 e. The zero-order chi connectivity index (χ0) is 15.2. The summed E-state index contributed by atoms with van der Waals surface area (Å²) in [5.41, 5.74) is -0.0500. The summed E-state index contributed by atoms with van der Waals surface area (Å²) >= 11 is 0. The van der Waals surface area contributed by atoms with Crippen molar-refractivity contribution in [2.24, 2.45) is 0 Å². The van der Waals surface area contributed by atoms with E-state index in [0.29, 0.717) is 12.8 Å². The number of hydrogen-bond donors (Lipinski definition) is 2. The number of carbonyl (C=O) groups is 1. The van der Waals surface area contributed by atoms with Gasteiger partial charge in [0.25, 0.3) is 10.0 Å². The maximum atomic E-state index is 12.7. The predicted molar refractivity (Wildman–Crippen MR) is 72.3 cm³/mol. The molecule has 2 N–H and O–H groups in total. The summed E-state index contributed by atoms with van der Waals surface area (Å²) in [5, 5.41) is 18.4. The van der Waals surface area contributed by atoms with Gasteiger partial charge in [0.2, 0.25) is 0 Å². The molecule has 2 bridgehead atoms. The Morgan fingerprint density at radius 1 is 1.24 bits per heavy atom. The molecule has 2 atom stereocenters. The Hall–Kier alpha value is -1.51. The lowest BCUT2D eigenvalue weighted by atomic mass is 10.0. The molecule has 0 saturated carbocycles. The van der Waals surface area contributed by atoms with Crippen molar-refractivity contribution >= 4 is 16.0 Å². The highest BCUT2D eigenvalue weighted by molar-refractivity contribution is 7.89. The maximum absolute atomic E-state index is 12.7. The number of sulfonamides is 1. The van der Waals surface area contributed by atoms with Crippen molar-refractivity contribution in [1.82, 2.24) is 9.29 Å². The van der Waals surface area contributed by atoms with Gasteiger partial charge in [0.05, 0.1) is 11.7 Å². The van der Waals surface area contributed by atoms with Crippen molar-refractivity contribution in [1.29, 1.82) is 0 Å². The fraction of sp³-hybridized carbons (Fsp3) is 0.538. The Bertz CT molecular complexity index is 644. The van der Waals surface area contributed by atoms with E-state index >= 15 is 0 Å². The van der Waals surface area contributed by atoms with Crippen LogP contribution in [0.2, 0.25) is 0 Å². The van der Waals surface area contributed by atoms with Crippen LogP contribution in [-0.2, 0) is 10.0 Å². The van der Waals surface area contributed by atoms with Gasteiger partial charge in [-0.25, -0.2) is 18.2 Å². The van der Waals surface area contributed by atoms with Crippen LogP contribution < -0.4 is 0 Å². The summed E-state index contributed by atoms with van der Waals surface area (Å²) in [4.78, 5) is 14.6. The Morgan fingerprint density at radius 2 is 1.86 bits per heavy atom. The van der Waals surface area contributed by atoms with Gasteiger partial charge in [0.1, 0.15) is 0 Å². The predicted octanol–water partition coefficient (Wildman–Crippen LogP) is 0.456. The molecule has 3 rings (SSSR count). The van der Waals surface area contributed by atoms with Crippen LogP contribution in [0.25, 0.3) is 0 Å². The average molecular weight is 312 g/mol. The molecule has 21 heavy (non-hydrogen) atoms. The molecule has 7 nitrogen and oxygen atoms in total. The number of aliphatic hydroxyl groups is 1. The van der Waals surface area contributed by atoms with E-state index in [2.05, 4.69) is 4.98 Å². The van der Waals surface area contributed by atoms with Crippen molar-refractivity contribution in [2.45, 2.75) is 48.9 Å². The summed E-state index contributed by atoms with van der Waals surface area (Å²) in [6.45, 7) is 0. The molecule has 0 spiro atoms. The summed E-state index contributed by atoms with van der Waals surface area (Å²) in [6.07, 6.45) is 2.99. The highest BCUT2D eigenvalue weighted by atomic mass is 32.2. The fourth-order valence-electron chi connectivity index (χ4n) is 3.27. The summed E-state index contributed by atoms with van der Waals surface area (Å²) < 4.78 is 26.8. The first-order valence-corrected chi connectivity index (χ1v) is 8.24. The Balaban J connectivity index is 1.92. The van der Waals surface area contributed by atoms with Crippen LogP contribution >= 0.6 is 0 Å². The van der Waals surface area contributed by atoms with Crippen LogP contribution in [0.4, 0.5) is 0 Å². The number of fused-ring (bicyclic) bond motifs is 2. The molecule has 2 aliphatic heterocycles. The molecule has 0 aliphatic carbocycles. The number of aromatic nitrogens is 1. The van der Waals surface area contributed by atoms with Crippen molar-refractivity contribution in [2.75, 3.05) is 0 Å². The Morgan fingerprint density at radius 3 is 2.33 bits per heavy atom. The number of pyridine rings is 1. The van der Waals surface area contributed by atoms with Gasteiger partial charge >= 0.3 is 5.97 Å². The number of hydrogen-bond acceptors (Lipinski definition) is 5. The highest BCUT2D eigenvalue weighted by Gasteiger charge is 2.47. The molecule has 1 aromatic rings. The number of nitrogens with zero attached hydrogens (tertiary/aromatic N) is 2. The number of carboxylic acid groups (broad SMARTS) is 1. The van der Waals surface area contributed by atoms with E-state index < -0.39 is 22.1 Å². The third-order valence-electron chi connectivity index (χ3n) is 4.17. The zero-order valence-electron chi connectivity index (χ0n) is 11.2. The number of carboxylic acids is 1. The number of rotatable bonds is 3. The van der Waals surface area contributed by atoms with E-state index in [1.807, 2.05) is 0 Å². The van der Waals surface area contributed by atoms with Crippen molar-refractivity contribution in [3.05, 3.63) is 23.9 Å². The topological polar surface area (TPSA) is 108 Å². The largest absolute Gasteiger partial charge is 0.478 e. The summed E-state index contributed by atoms with van der Waals surface area (Å²) in [6, 6.07) is 2.08. The molecular weight excluding hydrogens is 296 g/mol. The third kappa shape index (κ3) is 2.43. The number of piperidine rings is 1. The fourth-order valence-corrected chi connectivity index (χ4v) is 5.08. The number of aromatic carboxylic acids is 1. The van der Waals surface area contributed by atoms with Gasteiger partial charge in [0.15, 0.2) is 5.03 Å². The molecular formula is C13H16N2O5S. The van der Waals surface area contributed by atoms with E-state index in [0.717, 1.165) is 19.0 Å². The Kier molecular flexibility index (Phi) is 3.46. The van der Waals surface area contributed by atoms with Gasteiger partial charge in [0, 0.05) is 18.3 Å². The molecule has 2 saturated heterocycles. The maximum Gasteiger partial charge on any atom is 0.337 e. The molecule has 0 aromatic carbocycles. The minimum atomic E-state index is -3.75. The van der Waals surface area contributed by atoms with Gasteiger partial charge in [-0.3, -0.25) is 0 Å². The van der Waals surface area contributed by atoms with E-state index in [-0.39, 0.29) is 22.7 Å². The molecule has 114 valence electrons. The van der Waals surface area contributed by atoms with Gasteiger partial charge in [-0.15, -0.1) is 0 Å². The third-order valence-corrected chi connectivity index (χ3v) is 6.09. The molecule has 2 fully saturated rings. The lowest BCUT2D eigenvalue weighted by Gasteiger charge is -2.35. The second kappa shape index (κ2) is 5.04. The number of aliphatic hydroxyl groups excluding tert-OH is 1. The first-order chi connectivity index (χ1) is 9.89. The molecule has 2 aliphatic rings. The standard InChI is InChI=1S/C13H16N2O5S/c16-11-5-9-2-3-10(6-11)15(9)21(19,20)12-4-1-8(7-14-12)13(17)18/h1,4,7,9-11,16H,2-3,5-6H2,(H,17,18). The molecule has 0 amide bonds. The zero-order valence-corrected chi connectivity index (χ0v) is 12.0. The van der Waals surface area contributed by atoms with E-state index in [9.17, 15) is 18.3 Å². The normalized spacial score (nSPS) is 29.5. The monoisotopic (exact) mass is 312 g/mol. The molecule has 3 heterocycles. The first kappa shape index (κ1) is 14.4. The van der Waals surface area contributed by atoms with Gasteiger partial charge in [-0.1, -0.05) is 0 Å². The van der Waals surface area contributed by atoms with Crippen molar-refractivity contribution < 1.29 is 23.4 Å². The molecule has 0 radical (unpaired) electrons. The molecule has 8 heteroatoms. The second-order valence-electron chi connectivity index (χ2n) is 5.54. The average Bonchev–Trinajstić information content (AvgIpc) is 2.72. The van der Waals surface area contributed by atoms with Crippen LogP contribution in [-0.4, -0.2) is 52.1 Å². The first-order valence-electron chi connectivity index (χ1n) is 6.80. The Labute approximate surface area is 122 Å². The summed E-state index contributed by atoms with van der Waals surface area (Å²) in [7, 11) is -3.75. The quantitative estimate of drug-likeness (QED) is 0.839. The van der Waals surface area contributed by atoms with E-state index in [4.69, 9.17) is 5.11 Å². The van der Waals surface area contributed by atoms with Crippen molar-refractivity contribution in [3.8, 4) is 0 Å². The summed E-state index contributed by atoms with van der Waals surface area (Å²) in [5.74, 6) is -1.15. The molecule has 1 aromatic heterocycles. The van der Waals surface area contributed by atoms with Gasteiger partial charge in [-0.2, -0.15) is 4.31 Å². The molecule has 2 unspecified atom stereocenters. The lowest BCUT2D eigenvalue weighted by Crippen LogP contribution is -2.48. The van der Waals surface area contributed by atoms with E-state index in [1.165, 1.54) is 16.4 Å². The SMILES string of the molecule is O=C(O)c1ccc(S(=O)(=O)N2C3CCC2CC(O)C3)nc1. The van der Waals surface area contributed by atoms with Crippen LogP contribution in [0.3, 0.4) is 0 Å².